The Balaban J connectivity index is 1.27. The molecule has 5 rings (SSSR count). The van der Waals surface area contributed by atoms with E-state index in [2.05, 4.69) is 25.9 Å². The molecule has 3 amide bonds. The first-order valence-electron chi connectivity index (χ1n) is 15.5. The van der Waals surface area contributed by atoms with Gasteiger partial charge >= 0.3 is 0 Å². The topological polar surface area (TPSA) is 194 Å². The fraction of sp³-hybridized carbons (Fsp3) is 0.333. The number of amides is 3. The number of aromatic amines is 1. The van der Waals surface area contributed by atoms with Gasteiger partial charge in [0.05, 0.1) is 24.1 Å². The normalized spacial score (nSPS) is 15.3. The van der Waals surface area contributed by atoms with E-state index in [1.807, 2.05) is 24.3 Å². The number of carbonyl (C=O) groups excluding carboxylic acids is 4. The minimum atomic E-state index is -3.14. The Labute approximate surface area is 281 Å². The number of fused-ring (bicyclic) bond motifs is 1. The molecule has 0 bridgehead atoms. The fourth-order valence-corrected chi connectivity index (χ4v) is 7.35. The van der Waals surface area contributed by atoms with Gasteiger partial charge in [0.2, 0.25) is 23.5 Å². The molecule has 48 heavy (non-hydrogen) atoms. The van der Waals surface area contributed by atoms with Gasteiger partial charge in [0.25, 0.3) is 0 Å². The number of nitrogens with one attached hydrogen (secondary N) is 5. The molecular formula is C33H37N7O6S2. The first-order valence-corrected chi connectivity index (χ1v) is 18.2. The number of carbonyl (C=O) groups is 4. The lowest BCUT2D eigenvalue weighted by atomic mass is 9.98. The molecule has 2 aromatic heterocycles. The molecule has 2 atom stereocenters. The van der Waals surface area contributed by atoms with Gasteiger partial charge in [-0.15, -0.1) is 11.3 Å². The number of Topliss-reactive ketones (excluding diaryl/α,β-unsaturated/α-hetero) is 1. The van der Waals surface area contributed by atoms with Crippen LogP contribution in [0.3, 0.4) is 0 Å². The van der Waals surface area contributed by atoms with E-state index in [1.165, 1.54) is 17.5 Å². The molecule has 2 unspecified atom stereocenters. The summed E-state index contributed by atoms with van der Waals surface area (Å²) in [6.07, 6.45) is 3.66. The Bertz CT molecular complexity index is 1910. The molecule has 2 aromatic carbocycles. The number of sulfone groups is 1. The molecule has 4 aromatic rings. The van der Waals surface area contributed by atoms with E-state index in [4.69, 9.17) is 5.41 Å². The summed E-state index contributed by atoms with van der Waals surface area (Å²) >= 11 is 1.17. The number of para-hydroxylation sites is 1. The number of hydrogen-bond acceptors (Lipinski definition) is 9. The average molecular weight is 692 g/mol. The third-order valence-electron chi connectivity index (χ3n) is 8.15. The number of H-pyrrole nitrogens is 1. The number of aromatic nitrogens is 2. The van der Waals surface area contributed by atoms with E-state index in [0.717, 1.165) is 16.5 Å². The van der Waals surface area contributed by atoms with Gasteiger partial charge in [0.1, 0.15) is 11.9 Å². The molecule has 15 heteroatoms. The summed E-state index contributed by atoms with van der Waals surface area (Å²) in [6, 6.07) is 12.6. The van der Waals surface area contributed by atoms with E-state index < -0.39 is 40.3 Å². The van der Waals surface area contributed by atoms with Crippen LogP contribution in [0.15, 0.2) is 66.3 Å². The van der Waals surface area contributed by atoms with E-state index in [-0.39, 0.29) is 66.4 Å². The Morgan fingerprint density at radius 1 is 0.958 bits per heavy atom. The maximum atomic E-state index is 13.5. The van der Waals surface area contributed by atoms with Crippen molar-refractivity contribution < 1.29 is 27.6 Å². The maximum Gasteiger partial charge on any atom is 0.243 e. The molecule has 0 aliphatic carbocycles. The molecule has 5 N–H and O–H groups in total. The van der Waals surface area contributed by atoms with Crippen LogP contribution in [0.1, 0.15) is 39.8 Å². The lowest BCUT2D eigenvalue weighted by molar-refractivity contribution is -0.130. The van der Waals surface area contributed by atoms with E-state index >= 15 is 0 Å². The molecule has 1 saturated heterocycles. The number of hydrogen-bond donors (Lipinski definition) is 5. The van der Waals surface area contributed by atoms with E-state index in [0.29, 0.717) is 11.1 Å². The molecule has 0 spiro atoms. The molecule has 1 aliphatic rings. The highest BCUT2D eigenvalue weighted by atomic mass is 32.2. The molecule has 1 aliphatic heterocycles. The Kier molecular flexibility index (Phi) is 11.0. The van der Waals surface area contributed by atoms with Gasteiger partial charge in [-0.25, -0.2) is 13.4 Å². The summed E-state index contributed by atoms with van der Waals surface area (Å²) in [5, 5.41) is 19.7. The number of nitrogens with zero attached hydrogens (tertiary/aromatic N) is 2. The predicted octanol–water partition coefficient (Wildman–Crippen LogP) is 1.84. The summed E-state index contributed by atoms with van der Waals surface area (Å²) < 4.78 is 23.8. The van der Waals surface area contributed by atoms with Crippen molar-refractivity contribution in [3.05, 3.63) is 88.0 Å². The summed E-state index contributed by atoms with van der Waals surface area (Å²) in [5.41, 5.74) is 2.85. The van der Waals surface area contributed by atoms with Crippen LogP contribution in [0.2, 0.25) is 0 Å². The second-order valence-electron chi connectivity index (χ2n) is 11.4. The quantitative estimate of drug-likeness (QED) is 0.0796. The summed E-state index contributed by atoms with van der Waals surface area (Å²) in [4.78, 5) is 61.4. The van der Waals surface area contributed by atoms with Crippen LogP contribution in [0, 0.1) is 5.41 Å². The van der Waals surface area contributed by atoms with Crippen molar-refractivity contribution in [1.82, 2.24) is 30.8 Å². The number of benzene rings is 2. The van der Waals surface area contributed by atoms with Crippen LogP contribution in [0.4, 0.5) is 0 Å². The zero-order valence-electron chi connectivity index (χ0n) is 26.3. The van der Waals surface area contributed by atoms with Gasteiger partial charge in [0.15, 0.2) is 14.8 Å². The number of amidine groups is 1. The zero-order valence-corrected chi connectivity index (χ0v) is 28.0. The fourth-order valence-electron chi connectivity index (χ4n) is 5.52. The van der Waals surface area contributed by atoms with Crippen molar-refractivity contribution in [1.29, 1.82) is 5.41 Å². The van der Waals surface area contributed by atoms with Crippen LogP contribution < -0.4 is 16.0 Å². The second-order valence-corrected chi connectivity index (χ2v) is 14.6. The highest BCUT2D eigenvalue weighted by Crippen LogP contribution is 2.21. The zero-order chi connectivity index (χ0) is 34.3. The Hall–Kier alpha value is -4.89. The molecule has 3 heterocycles. The molecule has 0 saturated carbocycles. The minimum absolute atomic E-state index is 0.0234. The molecule has 0 radical (unpaired) electrons. The molecule has 13 nitrogen and oxygen atoms in total. The highest BCUT2D eigenvalue weighted by molar-refractivity contribution is 7.91. The van der Waals surface area contributed by atoms with Crippen LogP contribution in [0.25, 0.3) is 10.9 Å². The van der Waals surface area contributed by atoms with Crippen LogP contribution in [0.5, 0.6) is 0 Å². The summed E-state index contributed by atoms with van der Waals surface area (Å²) in [5.74, 6) is -1.90. The van der Waals surface area contributed by atoms with Crippen molar-refractivity contribution in [2.75, 3.05) is 31.1 Å². The maximum absolute atomic E-state index is 13.5. The number of ketones is 1. The van der Waals surface area contributed by atoms with E-state index in [1.54, 1.807) is 47.7 Å². The van der Waals surface area contributed by atoms with Gasteiger partial charge in [-0.2, -0.15) is 0 Å². The smallest absolute Gasteiger partial charge is 0.243 e. The van der Waals surface area contributed by atoms with Crippen LogP contribution >= 0.6 is 11.3 Å². The van der Waals surface area contributed by atoms with Crippen molar-refractivity contribution in [3.63, 3.8) is 0 Å². The molecule has 252 valence electrons. The van der Waals surface area contributed by atoms with Crippen molar-refractivity contribution >= 4 is 61.4 Å². The molecular weight excluding hydrogens is 655 g/mol. The highest BCUT2D eigenvalue weighted by Gasteiger charge is 2.29. The van der Waals surface area contributed by atoms with Crippen LogP contribution in [-0.4, -0.2) is 95.8 Å². The van der Waals surface area contributed by atoms with Crippen molar-refractivity contribution in [2.45, 2.75) is 38.3 Å². The number of thiazole rings is 1. The Morgan fingerprint density at radius 2 is 1.65 bits per heavy atom. The van der Waals surface area contributed by atoms with Gasteiger partial charge < -0.3 is 25.8 Å². The van der Waals surface area contributed by atoms with Gasteiger partial charge in [-0.1, -0.05) is 49.4 Å². The SMILES string of the molecule is CCC(=O)NC(Cc1ccccc1C(=N)N1CCS(=O)(=O)CC1)C(=O)NCC(=O)NC(Cc1c[nH]c2ccccc12)C(=O)c1nccs1. The first-order chi connectivity index (χ1) is 23.0. The average Bonchev–Trinajstić information content (AvgIpc) is 3.77. The summed E-state index contributed by atoms with van der Waals surface area (Å²) in [6.45, 7) is 1.58. The predicted molar refractivity (Wildman–Crippen MR) is 183 cm³/mol. The third-order valence-corrected chi connectivity index (χ3v) is 10.5. The van der Waals surface area contributed by atoms with Gasteiger partial charge in [-0.05, 0) is 17.2 Å². The third kappa shape index (κ3) is 8.52. The van der Waals surface area contributed by atoms with Crippen molar-refractivity contribution in [2.24, 2.45) is 0 Å². The van der Waals surface area contributed by atoms with Crippen molar-refractivity contribution in [3.8, 4) is 0 Å². The first kappa shape index (κ1) is 34.4. The Morgan fingerprint density at radius 3 is 2.38 bits per heavy atom. The van der Waals surface area contributed by atoms with Gasteiger partial charge in [0, 0.05) is 66.6 Å². The lowest BCUT2D eigenvalue weighted by Gasteiger charge is -2.30. The van der Waals surface area contributed by atoms with E-state index in [9.17, 15) is 27.6 Å². The van der Waals surface area contributed by atoms with Crippen LogP contribution in [-0.2, 0) is 37.1 Å². The van der Waals surface area contributed by atoms with Gasteiger partial charge in [-0.3, -0.25) is 24.6 Å². The standard InChI is InChI=1S/C33H37N7O6S2/c1-2-28(41)39-27(17-21-7-3-4-9-24(21)31(34)40-12-15-48(45,46)16-13-40)32(44)37-20-29(42)38-26(30(43)33-35-11-14-47-33)18-22-19-36-25-10-6-5-8-23(22)25/h3-11,14,19,26-27,34,36H,2,12-13,15-18,20H2,1H3,(H,37,44)(H,38,42)(H,39,41). The summed E-state index contributed by atoms with van der Waals surface area (Å²) in [7, 11) is -3.14. The monoisotopic (exact) mass is 691 g/mol. The minimum Gasteiger partial charge on any atom is -0.361 e. The molecule has 1 fully saturated rings. The second kappa shape index (κ2) is 15.3. The lowest BCUT2D eigenvalue weighted by Crippen LogP contribution is -2.52. The largest absolute Gasteiger partial charge is 0.361 e. The number of rotatable bonds is 13.